The number of aromatic nitrogens is 1. The van der Waals surface area contributed by atoms with Crippen LogP contribution in [0.4, 0.5) is 0 Å². The van der Waals surface area contributed by atoms with Crippen LogP contribution in [0.15, 0.2) is 34.9 Å². The number of hydrogen-bond acceptors (Lipinski definition) is 4. The fourth-order valence-corrected chi connectivity index (χ4v) is 3.94. The van der Waals surface area contributed by atoms with Crippen LogP contribution in [0.1, 0.15) is 12.1 Å². The molecule has 2 heterocycles. The third-order valence-electron chi connectivity index (χ3n) is 5.04. The fraction of sp³-hybridized carbons (Fsp3) is 0.471. The zero-order chi connectivity index (χ0) is 15.1. The van der Waals surface area contributed by atoms with E-state index in [1.54, 1.807) is 6.26 Å². The molecule has 4 nitrogen and oxygen atoms in total. The van der Waals surface area contributed by atoms with Crippen molar-refractivity contribution in [1.29, 1.82) is 0 Å². The molecule has 3 atom stereocenters. The monoisotopic (exact) mass is 318 g/mol. The first-order valence-electron chi connectivity index (χ1n) is 7.76. The zero-order valence-corrected chi connectivity index (χ0v) is 13.0. The fourth-order valence-electron chi connectivity index (χ4n) is 3.81. The summed E-state index contributed by atoms with van der Waals surface area (Å²) in [6.45, 7) is 3.34. The van der Waals surface area contributed by atoms with Gasteiger partial charge in [-0.05, 0) is 48.4 Å². The number of hydrogen-bond donors (Lipinski definition) is 1. The summed E-state index contributed by atoms with van der Waals surface area (Å²) < 4.78 is 5.59. The van der Waals surface area contributed by atoms with Crippen LogP contribution in [0.25, 0.3) is 11.5 Å². The van der Waals surface area contributed by atoms with E-state index >= 15 is 0 Å². The zero-order valence-electron chi connectivity index (χ0n) is 12.3. The molecule has 0 radical (unpaired) electrons. The Balaban J connectivity index is 1.41. The lowest BCUT2D eigenvalue weighted by molar-refractivity contribution is 0.0576. The number of halogens is 1. The molecule has 1 saturated heterocycles. The molecule has 2 aliphatic rings. The Labute approximate surface area is 134 Å². The van der Waals surface area contributed by atoms with Gasteiger partial charge in [-0.3, -0.25) is 4.90 Å². The molecule has 22 heavy (non-hydrogen) atoms. The largest absolute Gasteiger partial charge is 0.444 e. The van der Waals surface area contributed by atoms with Crippen molar-refractivity contribution < 1.29 is 9.52 Å². The number of aliphatic hydroxyl groups is 1. The Morgan fingerprint density at radius 2 is 2.09 bits per heavy atom. The Hall–Kier alpha value is -1.36. The molecule has 0 amide bonds. The third kappa shape index (κ3) is 2.56. The van der Waals surface area contributed by atoms with E-state index in [1.807, 2.05) is 24.3 Å². The van der Waals surface area contributed by atoms with E-state index in [1.165, 1.54) is 6.42 Å². The Kier molecular flexibility index (Phi) is 3.68. The maximum atomic E-state index is 9.30. The van der Waals surface area contributed by atoms with Crippen LogP contribution >= 0.6 is 11.6 Å². The van der Waals surface area contributed by atoms with Crippen LogP contribution in [0.5, 0.6) is 0 Å². The first-order valence-corrected chi connectivity index (χ1v) is 8.14. The summed E-state index contributed by atoms with van der Waals surface area (Å²) in [7, 11) is 0. The summed E-state index contributed by atoms with van der Waals surface area (Å²) in [5.74, 6) is 2.59. The second-order valence-electron chi connectivity index (χ2n) is 6.45. The van der Waals surface area contributed by atoms with E-state index in [0.717, 1.165) is 36.8 Å². The van der Waals surface area contributed by atoms with Gasteiger partial charge in [0.05, 0.1) is 5.69 Å². The maximum absolute atomic E-state index is 9.30. The highest BCUT2D eigenvalue weighted by molar-refractivity contribution is 6.30. The van der Waals surface area contributed by atoms with E-state index in [4.69, 9.17) is 16.0 Å². The van der Waals surface area contributed by atoms with Gasteiger partial charge in [0.1, 0.15) is 6.26 Å². The lowest BCUT2D eigenvalue weighted by Crippen LogP contribution is -2.37. The van der Waals surface area contributed by atoms with Crippen LogP contribution in [0.3, 0.4) is 0 Å². The highest BCUT2D eigenvalue weighted by Gasteiger charge is 2.46. The van der Waals surface area contributed by atoms with E-state index in [0.29, 0.717) is 29.4 Å². The minimum Gasteiger partial charge on any atom is -0.444 e. The second kappa shape index (κ2) is 5.69. The topological polar surface area (TPSA) is 49.5 Å². The van der Waals surface area contributed by atoms with Crippen LogP contribution < -0.4 is 0 Å². The van der Waals surface area contributed by atoms with Gasteiger partial charge >= 0.3 is 0 Å². The molecule has 5 heteroatoms. The summed E-state index contributed by atoms with van der Waals surface area (Å²) in [6.07, 6.45) is 2.92. The number of rotatable bonds is 4. The van der Waals surface area contributed by atoms with E-state index in [9.17, 15) is 5.11 Å². The molecule has 1 aliphatic carbocycles. The number of nitrogens with zero attached hydrogens (tertiary/aromatic N) is 2. The molecule has 1 aliphatic heterocycles. The van der Waals surface area contributed by atoms with Crippen molar-refractivity contribution >= 4 is 11.6 Å². The number of fused-ring (bicyclic) bond motifs is 1. The molecule has 116 valence electrons. The van der Waals surface area contributed by atoms with Crippen LogP contribution in [0, 0.1) is 17.8 Å². The van der Waals surface area contributed by atoms with Gasteiger partial charge in [0.2, 0.25) is 5.89 Å². The molecule has 0 bridgehead atoms. The number of likely N-dealkylation sites (tertiary alicyclic amines) is 1. The molecule has 0 unspecified atom stereocenters. The van der Waals surface area contributed by atoms with E-state index in [2.05, 4.69) is 9.88 Å². The number of benzene rings is 1. The average Bonchev–Trinajstić information content (AvgIpc) is 3.08. The molecule has 1 N–H and O–H groups in total. The molecular formula is C17H19ClN2O2. The van der Waals surface area contributed by atoms with Gasteiger partial charge < -0.3 is 9.52 Å². The smallest absolute Gasteiger partial charge is 0.226 e. The third-order valence-corrected chi connectivity index (χ3v) is 5.29. The number of aliphatic hydroxyl groups excluding tert-OH is 1. The van der Waals surface area contributed by atoms with Crippen molar-refractivity contribution in [2.75, 3.05) is 19.7 Å². The quantitative estimate of drug-likeness (QED) is 0.941. The molecule has 1 saturated carbocycles. The molecule has 2 aromatic rings. The predicted octanol–water partition coefficient (Wildman–Crippen LogP) is 3.06. The predicted molar refractivity (Wildman–Crippen MR) is 84.4 cm³/mol. The molecule has 2 fully saturated rings. The van der Waals surface area contributed by atoms with Crippen molar-refractivity contribution in [3.8, 4) is 11.5 Å². The van der Waals surface area contributed by atoms with Crippen molar-refractivity contribution in [2.45, 2.75) is 13.0 Å². The van der Waals surface area contributed by atoms with Gasteiger partial charge in [-0.15, -0.1) is 0 Å². The van der Waals surface area contributed by atoms with Crippen molar-refractivity contribution in [3.63, 3.8) is 0 Å². The van der Waals surface area contributed by atoms with Gasteiger partial charge in [-0.25, -0.2) is 4.98 Å². The van der Waals surface area contributed by atoms with Crippen molar-refractivity contribution in [1.82, 2.24) is 9.88 Å². The van der Waals surface area contributed by atoms with Gasteiger partial charge in [0, 0.05) is 36.8 Å². The maximum Gasteiger partial charge on any atom is 0.226 e. The lowest BCUT2D eigenvalue weighted by Gasteiger charge is -2.38. The minimum absolute atomic E-state index is 0.333. The summed E-state index contributed by atoms with van der Waals surface area (Å²) in [5, 5.41) is 10.0. The van der Waals surface area contributed by atoms with E-state index < -0.39 is 0 Å². The molecule has 1 aromatic carbocycles. The minimum atomic E-state index is 0.333. The molecular weight excluding hydrogens is 300 g/mol. The summed E-state index contributed by atoms with van der Waals surface area (Å²) >= 11 is 5.90. The first-order chi connectivity index (χ1) is 10.7. The van der Waals surface area contributed by atoms with Crippen molar-refractivity contribution in [3.05, 3.63) is 41.2 Å². The van der Waals surface area contributed by atoms with Gasteiger partial charge in [0.15, 0.2) is 0 Å². The molecule has 0 spiro atoms. The molecule has 1 aromatic heterocycles. The number of oxazole rings is 1. The van der Waals surface area contributed by atoms with Crippen molar-refractivity contribution in [2.24, 2.45) is 17.8 Å². The molecule has 4 rings (SSSR count). The first kappa shape index (κ1) is 14.2. The average molecular weight is 319 g/mol. The Morgan fingerprint density at radius 1 is 1.27 bits per heavy atom. The summed E-state index contributed by atoms with van der Waals surface area (Å²) in [4.78, 5) is 7.01. The highest BCUT2D eigenvalue weighted by atomic mass is 35.5. The normalized spacial score (nSPS) is 27.6. The van der Waals surface area contributed by atoms with E-state index in [-0.39, 0.29) is 0 Å². The highest BCUT2D eigenvalue weighted by Crippen LogP contribution is 2.45. The summed E-state index contributed by atoms with van der Waals surface area (Å²) in [6, 6.07) is 7.52. The van der Waals surface area contributed by atoms with Gasteiger partial charge in [-0.1, -0.05) is 11.6 Å². The Morgan fingerprint density at radius 3 is 2.86 bits per heavy atom. The lowest BCUT2D eigenvalue weighted by atomic mass is 9.67. The Bertz CT molecular complexity index is 655. The second-order valence-corrected chi connectivity index (χ2v) is 6.88. The van der Waals surface area contributed by atoms with Gasteiger partial charge in [-0.2, -0.15) is 0 Å². The van der Waals surface area contributed by atoms with Crippen LogP contribution in [-0.2, 0) is 6.54 Å². The SMILES string of the molecule is OC[C@H]1C[C@@H]2CN(Cc3coc(-c4ccc(Cl)cc4)n3)C[C@@H]21. The standard InChI is InChI=1S/C17H19ClN2O2/c18-14-3-1-11(2-4-14)17-19-15(10-22-17)7-20-6-12-5-13(9-21)16(12)8-20/h1-4,10,12-13,16,21H,5-9H2/t12-,13-,16+/m1/s1. The summed E-state index contributed by atoms with van der Waals surface area (Å²) in [5.41, 5.74) is 1.91. The van der Waals surface area contributed by atoms with Crippen LogP contribution in [0.2, 0.25) is 5.02 Å². The van der Waals surface area contributed by atoms with Crippen LogP contribution in [-0.4, -0.2) is 34.7 Å². The van der Waals surface area contributed by atoms with Gasteiger partial charge in [0.25, 0.3) is 0 Å².